The van der Waals surface area contributed by atoms with Crippen molar-refractivity contribution in [1.29, 1.82) is 0 Å². The SMILES string of the molecule is COc1ccc(C(=O)NNC(=O)CCCCNS(=O)(=O)C(C)C)cc1. The second kappa shape index (κ2) is 10.00. The van der Waals surface area contributed by atoms with Crippen LogP contribution in [0.1, 0.15) is 43.5 Å². The summed E-state index contributed by atoms with van der Waals surface area (Å²) < 4.78 is 30.5. The van der Waals surface area contributed by atoms with Gasteiger partial charge < -0.3 is 4.74 Å². The zero-order chi connectivity index (χ0) is 18.9. The number of unbranched alkanes of at least 4 members (excludes halogenated alkanes) is 1. The third-order valence-electron chi connectivity index (χ3n) is 3.42. The number of carbonyl (C=O) groups is 2. The quantitative estimate of drug-likeness (QED) is 0.442. The lowest BCUT2D eigenvalue weighted by Gasteiger charge is -2.10. The average Bonchev–Trinajstić information content (AvgIpc) is 2.59. The summed E-state index contributed by atoms with van der Waals surface area (Å²) in [4.78, 5) is 23.5. The van der Waals surface area contributed by atoms with E-state index >= 15 is 0 Å². The zero-order valence-electron chi connectivity index (χ0n) is 14.7. The number of carbonyl (C=O) groups excluding carboxylic acids is 2. The Hall–Kier alpha value is -2.13. The highest BCUT2D eigenvalue weighted by atomic mass is 32.2. The summed E-state index contributed by atoms with van der Waals surface area (Å²) in [6.45, 7) is 3.48. The van der Waals surface area contributed by atoms with Gasteiger partial charge in [-0.3, -0.25) is 20.4 Å². The molecule has 0 aliphatic heterocycles. The Morgan fingerprint density at radius 2 is 1.72 bits per heavy atom. The fourth-order valence-corrected chi connectivity index (χ4v) is 2.56. The summed E-state index contributed by atoms with van der Waals surface area (Å²) in [5.74, 6) is -0.136. The maximum atomic E-state index is 11.9. The lowest BCUT2D eigenvalue weighted by Crippen LogP contribution is -2.41. The normalized spacial score (nSPS) is 11.2. The van der Waals surface area contributed by atoms with Crippen molar-refractivity contribution in [2.45, 2.75) is 38.4 Å². The van der Waals surface area contributed by atoms with Crippen LogP contribution in [0.2, 0.25) is 0 Å². The van der Waals surface area contributed by atoms with Gasteiger partial charge in [-0.2, -0.15) is 0 Å². The molecule has 8 nitrogen and oxygen atoms in total. The number of hydrazine groups is 1. The van der Waals surface area contributed by atoms with Crippen molar-refractivity contribution in [3.05, 3.63) is 29.8 Å². The molecule has 1 aromatic rings. The molecule has 3 N–H and O–H groups in total. The first-order chi connectivity index (χ1) is 11.8. The van der Waals surface area contributed by atoms with Gasteiger partial charge in [-0.1, -0.05) is 0 Å². The lowest BCUT2D eigenvalue weighted by atomic mass is 10.2. The lowest BCUT2D eigenvalue weighted by molar-refractivity contribution is -0.121. The van der Waals surface area contributed by atoms with Crippen LogP contribution < -0.4 is 20.3 Å². The van der Waals surface area contributed by atoms with Crippen molar-refractivity contribution in [3.63, 3.8) is 0 Å². The molecule has 0 radical (unpaired) electrons. The third-order valence-corrected chi connectivity index (χ3v) is 5.27. The summed E-state index contributed by atoms with van der Waals surface area (Å²) in [6, 6.07) is 6.46. The summed E-state index contributed by atoms with van der Waals surface area (Å²) in [5.41, 5.74) is 5.04. The molecular formula is C16H25N3O5S. The number of hydrogen-bond acceptors (Lipinski definition) is 5. The molecule has 0 unspecified atom stereocenters. The maximum absolute atomic E-state index is 11.9. The van der Waals surface area contributed by atoms with E-state index in [1.54, 1.807) is 38.1 Å². The summed E-state index contributed by atoms with van der Waals surface area (Å²) >= 11 is 0. The van der Waals surface area contributed by atoms with Gasteiger partial charge in [-0.25, -0.2) is 13.1 Å². The minimum absolute atomic E-state index is 0.187. The van der Waals surface area contributed by atoms with Crippen molar-refractivity contribution < 1.29 is 22.7 Å². The molecule has 0 heterocycles. The Labute approximate surface area is 148 Å². The van der Waals surface area contributed by atoms with Gasteiger partial charge in [0.05, 0.1) is 12.4 Å². The number of benzene rings is 1. The molecular weight excluding hydrogens is 346 g/mol. The molecule has 0 aliphatic carbocycles. The molecule has 1 aromatic carbocycles. The van der Waals surface area contributed by atoms with E-state index in [-0.39, 0.29) is 18.9 Å². The molecule has 0 spiro atoms. The first kappa shape index (κ1) is 20.9. The van der Waals surface area contributed by atoms with Gasteiger partial charge in [-0.05, 0) is 51.0 Å². The topological polar surface area (TPSA) is 114 Å². The molecule has 0 saturated carbocycles. The summed E-state index contributed by atoms with van der Waals surface area (Å²) in [7, 11) is -1.74. The van der Waals surface area contributed by atoms with Crippen molar-refractivity contribution in [3.8, 4) is 5.75 Å². The Bertz CT molecular complexity index is 672. The predicted molar refractivity (Wildman–Crippen MR) is 94.5 cm³/mol. The highest BCUT2D eigenvalue weighted by molar-refractivity contribution is 7.90. The van der Waals surface area contributed by atoms with E-state index < -0.39 is 21.2 Å². The molecule has 0 fully saturated rings. The van der Waals surface area contributed by atoms with Crippen molar-refractivity contribution in [1.82, 2.24) is 15.6 Å². The van der Waals surface area contributed by atoms with E-state index in [1.165, 1.54) is 7.11 Å². The van der Waals surface area contributed by atoms with Crippen LogP contribution in [0.15, 0.2) is 24.3 Å². The van der Waals surface area contributed by atoms with Gasteiger partial charge in [0.15, 0.2) is 0 Å². The van der Waals surface area contributed by atoms with Crippen LogP contribution in [0.3, 0.4) is 0 Å². The van der Waals surface area contributed by atoms with E-state index in [4.69, 9.17) is 4.74 Å². The average molecular weight is 371 g/mol. The van der Waals surface area contributed by atoms with E-state index in [2.05, 4.69) is 15.6 Å². The van der Waals surface area contributed by atoms with Crippen LogP contribution in [-0.2, 0) is 14.8 Å². The van der Waals surface area contributed by atoms with E-state index in [0.717, 1.165) is 0 Å². The van der Waals surface area contributed by atoms with Crippen LogP contribution in [0, 0.1) is 0 Å². The van der Waals surface area contributed by atoms with Gasteiger partial charge in [-0.15, -0.1) is 0 Å². The van der Waals surface area contributed by atoms with Crippen LogP contribution >= 0.6 is 0 Å². The first-order valence-electron chi connectivity index (χ1n) is 7.98. The van der Waals surface area contributed by atoms with Crippen LogP contribution in [0.5, 0.6) is 5.75 Å². The van der Waals surface area contributed by atoms with Crippen molar-refractivity contribution in [2.24, 2.45) is 0 Å². The molecule has 0 aromatic heterocycles. The van der Waals surface area contributed by atoms with Crippen LogP contribution in [0.4, 0.5) is 0 Å². The molecule has 0 bridgehead atoms. The van der Waals surface area contributed by atoms with Gasteiger partial charge in [0.1, 0.15) is 5.75 Å². The molecule has 0 saturated heterocycles. The summed E-state index contributed by atoms with van der Waals surface area (Å²) in [5, 5.41) is -0.482. The minimum Gasteiger partial charge on any atom is -0.497 e. The van der Waals surface area contributed by atoms with Gasteiger partial charge in [0.2, 0.25) is 15.9 Å². The predicted octanol–water partition coefficient (Wildman–Crippen LogP) is 0.954. The maximum Gasteiger partial charge on any atom is 0.269 e. The number of nitrogens with one attached hydrogen (secondary N) is 3. The first-order valence-corrected chi connectivity index (χ1v) is 9.52. The fourth-order valence-electron chi connectivity index (χ4n) is 1.80. The second-order valence-corrected chi connectivity index (χ2v) is 8.00. The molecule has 2 amide bonds. The molecule has 1 rings (SSSR count). The van der Waals surface area contributed by atoms with Crippen molar-refractivity contribution in [2.75, 3.05) is 13.7 Å². The number of rotatable bonds is 9. The molecule has 140 valence electrons. The van der Waals surface area contributed by atoms with E-state index in [9.17, 15) is 18.0 Å². The van der Waals surface area contributed by atoms with Gasteiger partial charge >= 0.3 is 0 Å². The summed E-state index contributed by atoms with van der Waals surface area (Å²) in [6.07, 6.45) is 1.23. The standard InChI is InChI=1S/C16H25N3O5S/c1-12(2)25(22,23)17-11-5-4-6-15(20)18-19-16(21)13-7-9-14(24-3)10-8-13/h7-10,12,17H,4-6,11H2,1-3H3,(H,18,20)(H,19,21). The highest BCUT2D eigenvalue weighted by Gasteiger charge is 2.14. The third kappa shape index (κ3) is 7.53. The minimum atomic E-state index is -3.27. The molecule has 25 heavy (non-hydrogen) atoms. The Balaban J connectivity index is 2.23. The number of ether oxygens (including phenoxy) is 1. The Kier molecular flexibility index (Phi) is 8.36. The fraction of sp³-hybridized carbons (Fsp3) is 0.500. The van der Waals surface area contributed by atoms with Crippen LogP contribution in [-0.4, -0.2) is 39.1 Å². The largest absolute Gasteiger partial charge is 0.497 e. The second-order valence-electron chi connectivity index (χ2n) is 5.68. The molecule has 9 heteroatoms. The zero-order valence-corrected chi connectivity index (χ0v) is 15.5. The number of hydrogen-bond donors (Lipinski definition) is 3. The monoisotopic (exact) mass is 371 g/mol. The number of sulfonamides is 1. The Morgan fingerprint density at radius 1 is 1.08 bits per heavy atom. The number of methoxy groups -OCH3 is 1. The van der Waals surface area contributed by atoms with Gasteiger partial charge in [0, 0.05) is 18.5 Å². The Morgan fingerprint density at radius 3 is 2.28 bits per heavy atom. The smallest absolute Gasteiger partial charge is 0.269 e. The van der Waals surface area contributed by atoms with E-state index in [1.807, 2.05) is 0 Å². The number of amides is 2. The molecule has 0 atom stereocenters. The van der Waals surface area contributed by atoms with Gasteiger partial charge in [0.25, 0.3) is 5.91 Å². The van der Waals surface area contributed by atoms with Crippen LogP contribution in [0.25, 0.3) is 0 Å². The highest BCUT2D eigenvalue weighted by Crippen LogP contribution is 2.10. The van der Waals surface area contributed by atoms with E-state index in [0.29, 0.717) is 24.2 Å². The van der Waals surface area contributed by atoms with Crippen molar-refractivity contribution >= 4 is 21.8 Å². The molecule has 0 aliphatic rings.